The molecule has 29 heavy (non-hydrogen) atoms. The van der Waals surface area contributed by atoms with Crippen LogP contribution in [0.2, 0.25) is 6.04 Å². The van der Waals surface area contributed by atoms with Crippen molar-refractivity contribution in [3.05, 3.63) is 0 Å². The van der Waals surface area contributed by atoms with Gasteiger partial charge in [-0.3, -0.25) is 0 Å². The second-order valence-electron chi connectivity index (χ2n) is 5.87. The molecule has 0 rings (SSSR count). The number of rotatable bonds is 23. The van der Waals surface area contributed by atoms with Gasteiger partial charge in [0.15, 0.2) is 0 Å². The molecule has 0 aliphatic heterocycles. The summed E-state index contributed by atoms with van der Waals surface area (Å²) < 4.78 is 34.8. The fourth-order valence-corrected chi connectivity index (χ4v) is 17.5. The van der Waals surface area contributed by atoms with Gasteiger partial charge < -0.3 is 26.9 Å². The summed E-state index contributed by atoms with van der Waals surface area (Å²) in [5.74, 6) is 1.04. The molecule has 0 N–H and O–H groups in total. The molecule has 12 heteroatoms. The fraction of sp³-hybridized carbons (Fsp3) is 1.00. The molecule has 0 aliphatic rings. The monoisotopic (exact) mass is 524 g/mol. The first-order valence-corrected chi connectivity index (χ1v) is 19.8. The average molecular weight is 525 g/mol. The SMILES string of the molecule is CCCCO[Si](CCCSSSS[SiH](OCC)OCCCOC)(OCC)OCC. The summed E-state index contributed by atoms with van der Waals surface area (Å²) in [6.07, 6.45) is 4.10. The van der Waals surface area contributed by atoms with Crippen molar-refractivity contribution in [2.75, 3.05) is 52.5 Å². The van der Waals surface area contributed by atoms with Crippen LogP contribution in [0.4, 0.5) is 0 Å². The van der Waals surface area contributed by atoms with Gasteiger partial charge in [0.2, 0.25) is 0 Å². The van der Waals surface area contributed by atoms with Crippen LogP contribution < -0.4 is 0 Å². The second kappa shape index (κ2) is 22.8. The van der Waals surface area contributed by atoms with Crippen LogP contribution in [0.1, 0.15) is 53.4 Å². The minimum absolute atomic E-state index is 0.639. The van der Waals surface area contributed by atoms with Gasteiger partial charge in [0.05, 0.1) is 0 Å². The quantitative estimate of drug-likeness (QED) is 0.0946. The second-order valence-corrected chi connectivity index (χ2v) is 18.4. The molecule has 6 nitrogen and oxygen atoms in total. The molecule has 0 bridgehead atoms. The molecule has 0 heterocycles. The molecule has 0 amide bonds. The van der Waals surface area contributed by atoms with Crippen molar-refractivity contribution in [3.63, 3.8) is 0 Å². The Morgan fingerprint density at radius 1 is 0.759 bits per heavy atom. The highest BCUT2D eigenvalue weighted by molar-refractivity contribution is 9.28. The molecular formula is C17H40O6S4Si2. The van der Waals surface area contributed by atoms with E-state index in [1.807, 2.05) is 31.6 Å². The van der Waals surface area contributed by atoms with Crippen molar-refractivity contribution in [2.24, 2.45) is 0 Å². The summed E-state index contributed by atoms with van der Waals surface area (Å²) in [6, 6.07) is 0.878. The number of unbranched alkanes of at least 4 members (excludes halogenated alkanes) is 1. The maximum Gasteiger partial charge on any atom is 0.500 e. The minimum atomic E-state index is -2.53. The van der Waals surface area contributed by atoms with Gasteiger partial charge in [0.1, 0.15) is 0 Å². The minimum Gasteiger partial charge on any atom is -0.389 e. The van der Waals surface area contributed by atoms with Crippen LogP contribution in [0.5, 0.6) is 0 Å². The maximum absolute atomic E-state index is 6.12. The van der Waals surface area contributed by atoms with Crippen LogP contribution in [0.25, 0.3) is 0 Å². The molecular weight excluding hydrogens is 485 g/mol. The van der Waals surface area contributed by atoms with Crippen molar-refractivity contribution in [3.8, 4) is 0 Å². The lowest BCUT2D eigenvalue weighted by Crippen LogP contribution is -2.46. The lowest BCUT2D eigenvalue weighted by atomic mass is 10.4. The average Bonchev–Trinajstić information content (AvgIpc) is 2.71. The zero-order chi connectivity index (χ0) is 21.6. The number of methoxy groups -OCH3 is 1. The van der Waals surface area contributed by atoms with Crippen LogP contribution in [-0.4, -0.2) is 69.7 Å². The van der Waals surface area contributed by atoms with Crippen molar-refractivity contribution in [2.45, 2.75) is 59.4 Å². The van der Waals surface area contributed by atoms with E-state index >= 15 is 0 Å². The smallest absolute Gasteiger partial charge is 0.389 e. The summed E-state index contributed by atoms with van der Waals surface area (Å²) in [4.78, 5) is 0. The Kier molecular flexibility index (Phi) is 24.0. The first kappa shape index (κ1) is 30.6. The third kappa shape index (κ3) is 17.8. The topological polar surface area (TPSA) is 55.4 Å². The molecule has 0 spiro atoms. The molecule has 0 aromatic heterocycles. The van der Waals surface area contributed by atoms with Gasteiger partial charge in [-0.05, 0) is 69.9 Å². The predicted octanol–water partition coefficient (Wildman–Crippen LogP) is 5.69. The van der Waals surface area contributed by atoms with E-state index in [-0.39, 0.29) is 0 Å². The molecule has 0 fully saturated rings. The van der Waals surface area contributed by atoms with E-state index in [0.717, 1.165) is 50.7 Å². The van der Waals surface area contributed by atoms with Gasteiger partial charge >= 0.3 is 17.2 Å². The lowest BCUT2D eigenvalue weighted by Gasteiger charge is -2.28. The van der Waals surface area contributed by atoms with Crippen LogP contribution in [0, 0.1) is 0 Å². The van der Waals surface area contributed by atoms with E-state index in [0.29, 0.717) is 26.4 Å². The first-order valence-electron chi connectivity index (χ1n) is 10.4. The third-order valence-corrected chi connectivity index (χ3v) is 18.1. The van der Waals surface area contributed by atoms with E-state index in [4.69, 9.17) is 26.9 Å². The molecule has 0 radical (unpaired) electrons. The van der Waals surface area contributed by atoms with Crippen molar-refractivity contribution in [1.82, 2.24) is 0 Å². The zero-order valence-electron chi connectivity index (χ0n) is 18.6. The van der Waals surface area contributed by atoms with Crippen LogP contribution >= 0.6 is 40.7 Å². The van der Waals surface area contributed by atoms with Crippen molar-refractivity contribution >= 4 is 57.9 Å². The third-order valence-electron chi connectivity index (χ3n) is 3.50. The number of ether oxygens (including phenoxy) is 1. The maximum atomic E-state index is 6.12. The summed E-state index contributed by atoms with van der Waals surface area (Å²) in [6.45, 7) is 12.3. The highest BCUT2D eigenvalue weighted by Crippen LogP contribution is 2.44. The van der Waals surface area contributed by atoms with Gasteiger partial charge in [-0.15, -0.1) is 0 Å². The number of hydrogen-bond donors (Lipinski definition) is 0. The Balaban J connectivity index is 4.05. The Morgan fingerprint density at radius 3 is 2.14 bits per heavy atom. The molecule has 0 saturated carbocycles. The first-order chi connectivity index (χ1) is 14.2. The molecule has 0 aliphatic carbocycles. The molecule has 0 aromatic carbocycles. The van der Waals surface area contributed by atoms with E-state index in [9.17, 15) is 0 Å². The summed E-state index contributed by atoms with van der Waals surface area (Å²) >= 11 is 0. The normalized spacial score (nSPS) is 13.1. The van der Waals surface area contributed by atoms with Crippen LogP contribution in [0.3, 0.4) is 0 Å². The van der Waals surface area contributed by atoms with Crippen molar-refractivity contribution < 1.29 is 26.9 Å². The summed E-state index contributed by atoms with van der Waals surface area (Å²) in [5.41, 5.74) is 0. The fourth-order valence-electron chi connectivity index (χ4n) is 2.23. The predicted molar refractivity (Wildman–Crippen MR) is 136 cm³/mol. The largest absolute Gasteiger partial charge is 0.500 e. The van der Waals surface area contributed by atoms with Crippen LogP contribution in [-0.2, 0) is 26.9 Å². The van der Waals surface area contributed by atoms with Gasteiger partial charge in [-0.25, -0.2) is 0 Å². The Hall–Kier alpha value is 1.59. The molecule has 176 valence electrons. The highest BCUT2D eigenvalue weighted by Gasteiger charge is 2.39. The Labute approximate surface area is 196 Å². The molecule has 0 saturated heterocycles. The Morgan fingerprint density at radius 2 is 1.52 bits per heavy atom. The van der Waals surface area contributed by atoms with E-state index in [2.05, 4.69) is 6.92 Å². The molecule has 0 aromatic rings. The van der Waals surface area contributed by atoms with E-state index in [1.165, 1.54) is 0 Å². The Bertz CT molecular complexity index is 345. The molecule has 1 atom stereocenters. The highest BCUT2D eigenvalue weighted by atomic mass is 33.7. The summed E-state index contributed by atoms with van der Waals surface area (Å²) in [7, 11) is 4.66. The van der Waals surface area contributed by atoms with Gasteiger partial charge in [-0.1, -0.05) is 24.1 Å². The standard InChI is InChI=1S/C17H40O6S4Si2/c1-6-10-15-23-29(21-8-3,22-9-4)17-12-16-24-25-26-27-28(19-7-2)20-14-11-13-18-5/h28H,6-17H2,1-5H3. The lowest BCUT2D eigenvalue weighted by molar-refractivity contribution is 0.0660. The van der Waals surface area contributed by atoms with Crippen LogP contribution in [0.15, 0.2) is 0 Å². The van der Waals surface area contributed by atoms with Gasteiger partial charge in [0, 0.05) is 58.5 Å². The summed E-state index contributed by atoms with van der Waals surface area (Å²) in [5, 5.41) is 0. The van der Waals surface area contributed by atoms with Gasteiger partial charge in [0.25, 0.3) is 0 Å². The number of hydrogen-bond acceptors (Lipinski definition) is 10. The zero-order valence-corrected chi connectivity index (χ0v) is 24.1. The van der Waals surface area contributed by atoms with Crippen molar-refractivity contribution in [1.29, 1.82) is 0 Å². The van der Waals surface area contributed by atoms with E-state index in [1.54, 1.807) is 37.0 Å². The van der Waals surface area contributed by atoms with Gasteiger partial charge in [-0.2, -0.15) is 0 Å². The van der Waals surface area contributed by atoms with E-state index < -0.39 is 17.2 Å². The molecule has 1 unspecified atom stereocenters.